The molecule has 3 heterocycles. The van der Waals surface area contributed by atoms with Crippen LogP contribution >= 0.6 is 11.3 Å². The van der Waals surface area contributed by atoms with Crippen LogP contribution in [0.5, 0.6) is 0 Å². The van der Waals surface area contributed by atoms with E-state index in [1.807, 2.05) is 22.9 Å². The van der Waals surface area contributed by atoms with Gasteiger partial charge >= 0.3 is 0 Å². The highest BCUT2D eigenvalue weighted by atomic mass is 32.2. The molecule has 0 bridgehead atoms. The Morgan fingerprint density at radius 2 is 2.07 bits per heavy atom. The second-order valence-electron chi connectivity index (χ2n) is 5.76. The average molecular weight is 416 g/mol. The molecule has 0 aliphatic heterocycles. The molecule has 4 rings (SSSR count). The van der Waals surface area contributed by atoms with E-state index in [0.717, 1.165) is 22.9 Å². The number of hydrogen-bond donors (Lipinski definition) is 2. The molecule has 28 heavy (non-hydrogen) atoms. The number of sulfonamides is 1. The zero-order valence-electron chi connectivity index (χ0n) is 14.2. The molecule has 0 unspecified atom stereocenters. The monoisotopic (exact) mass is 416 g/mol. The van der Waals surface area contributed by atoms with Gasteiger partial charge in [0, 0.05) is 23.7 Å². The van der Waals surface area contributed by atoms with Gasteiger partial charge in [0.15, 0.2) is 0 Å². The fourth-order valence-electron chi connectivity index (χ4n) is 2.53. The number of nitrogens with one attached hydrogen (secondary N) is 2. The van der Waals surface area contributed by atoms with Crippen LogP contribution in [0, 0.1) is 5.82 Å². The minimum Gasteiger partial charge on any atom is -0.256 e. The van der Waals surface area contributed by atoms with Gasteiger partial charge in [-0.3, -0.25) is 4.98 Å². The van der Waals surface area contributed by atoms with E-state index in [4.69, 9.17) is 0 Å². The van der Waals surface area contributed by atoms with Gasteiger partial charge in [-0.1, -0.05) is 0 Å². The molecule has 0 saturated heterocycles. The first-order chi connectivity index (χ1) is 13.5. The Kier molecular flexibility index (Phi) is 4.94. The maximum atomic E-state index is 14.0. The van der Waals surface area contributed by atoms with Crippen molar-refractivity contribution in [1.29, 1.82) is 0 Å². The number of aromatic nitrogens is 5. The van der Waals surface area contributed by atoms with Crippen molar-refractivity contribution in [1.82, 2.24) is 30.3 Å². The minimum absolute atomic E-state index is 0.0240. The fraction of sp³-hybridized carbons (Fsp3) is 0.0588. The fourth-order valence-corrected chi connectivity index (χ4v) is 4.23. The van der Waals surface area contributed by atoms with Crippen LogP contribution in [0.25, 0.3) is 22.6 Å². The third-order valence-electron chi connectivity index (χ3n) is 3.94. The first-order valence-corrected chi connectivity index (χ1v) is 10.5. The van der Waals surface area contributed by atoms with Gasteiger partial charge in [-0.2, -0.15) is 16.6 Å². The Hall–Kier alpha value is -3.02. The van der Waals surface area contributed by atoms with E-state index in [9.17, 15) is 12.8 Å². The van der Waals surface area contributed by atoms with Crippen LogP contribution in [-0.2, 0) is 16.6 Å². The molecule has 8 nitrogen and oxygen atoms in total. The van der Waals surface area contributed by atoms with Crippen LogP contribution < -0.4 is 4.72 Å². The van der Waals surface area contributed by atoms with E-state index in [-0.39, 0.29) is 22.8 Å². The second-order valence-corrected chi connectivity index (χ2v) is 8.31. The Bertz CT molecular complexity index is 1190. The summed E-state index contributed by atoms with van der Waals surface area (Å²) >= 11 is 1.56. The predicted molar refractivity (Wildman–Crippen MR) is 101 cm³/mol. The first kappa shape index (κ1) is 18.3. The quantitative estimate of drug-likeness (QED) is 0.499. The van der Waals surface area contributed by atoms with E-state index < -0.39 is 15.8 Å². The summed E-state index contributed by atoms with van der Waals surface area (Å²) < 4.78 is 41.8. The molecule has 0 aliphatic carbocycles. The summed E-state index contributed by atoms with van der Waals surface area (Å²) in [6.07, 6.45) is 1.63. The van der Waals surface area contributed by atoms with Gasteiger partial charge in [-0.25, -0.2) is 17.5 Å². The molecular weight excluding hydrogens is 403 g/mol. The van der Waals surface area contributed by atoms with Gasteiger partial charge in [0.25, 0.3) is 0 Å². The van der Waals surface area contributed by atoms with Gasteiger partial charge in [0.2, 0.25) is 15.8 Å². The number of aromatic amines is 1. The lowest BCUT2D eigenvalue weighted by molar-refractivity contribution is 0.580. The minimum atomic E-state index is -3.88. The van der Waals surface area contributed by atoms with Crippen molar-refractivity contribution in [2.45, 2.75) is 11.4 Å². The van der Waals surface area contributed by atoms with Gasteiger partial charge in [0.05, 0.1) is 16.2 Å². The zero-order chi connectivity index (χ0) is 19.6. The lowest BCUT2D eigenvalue weighted by Crippen LogP contribution is -2.23. The summed E-state index contributed by atoms with van der Waals surface area (Å²) in [6, 6.07) is 8.91. The number of nitrogens with zero attached hydrogens (tertiary/aromatic N) is 4. The van der Waals surface area contributed by atoms with Crippen molar-refractivity contribution < 1.29 is 12.8 Å². The SMILES string of the molecule is O=S(=O)(NCc1ccnc(-c2ccsc2)c1)c1ccc(F)c(-c2nn[nH]n2)c1. The van der Waals surface area contributed by atoms with Gasteiger partial charge in [-0.15, -0.1) is 10.2 Å². The molecule has 0 fully saturated rings. The molecular formula is C17H13FN6O2S2. The average Bonchev–Trinajstić information content (AvgIpc) is 3.41. The Morgan fingerprint density at radius 1 is 1.18 bits per heavy atom. The van der Waals surface area contributed by atoms with Crippen LogP contribution in [0.15, 0.2) is 58.3 Å². The van der Waals surface area contributed by atoms with Crippen molar-refractivity contribution in [2.75, 3.05) is 0 Å². The molecule has 0 aliphatic rings. The largest absolute Gasteiger partial charge is 0.256 e. The van der Waals surface area contributed by atoms with E-state index in [1.54, 1.807) is 23.6 Å². The standard InChI is InChI=1S/C17H13FN6O2S2/c18-15-2-1-13(8-14(15)17-21-23-24-22-17)28(25,26)20-9-11-3-5-19-16(7-11)12-4-6-27-10-12/h1-8,10,20H,9H2,(H,21,22,23,24). The van der Waals surface area contributed by atoms with Crippen molar-refractivity contribution in [3.8, 4) is 22.6 Å². The molecule has 4 aromatic rings. The molecule has 2 N–H and O–H groups in total. The molecule has 0 atom stereocenters. The summed E-state index contributed by atoms with van der Waals surface area (Å²) in [6.45, 7) is 0.0664. The van der Waals surface area contributed by atoms with Crippen LogP contribution in [-0.4, -0.2) is 34.0 Å². The third-order valence-corrected chi connectivity index (χ3v) is 6.02. The molecule has 3 aromatic heterocycles. The summed E-state index contributed by atoms with van der Waals surface area (Å²) in [5, 5.41) is 16.9. The van der Waals surface area contributed by atoms with Gasteiger partial charge in [0.1, 0.15) is 5.82 Å². The van der Waals surface area contributed by atoms with E-state index in [0.29, 0.717) is 0 Å². The molecule has 0 amide bonds. The number of tetrazole rings is 1. The van der Waals surface area contributed by atoms with Crippen LogP contribution in [0.3, 0.4) is 0 Å². The van der Waals surface area contributed by atoms with E-state index in [2.05, 4.69) is 30.3 Å². The summed E-state index contributed by atoms with van der Waals surface area (Å²) in [7, 11) is -3.88. The number of thiophene rings is 1. The summed E-state index contributed by atoms with van der Waals surface area (Å²) in [5.74, 6) is -0.668. The molecule has 0 spiro atoms. The zero-order valence-corrected chi connectivity index (χ0v) is 15.8. The smallest absolute Gasteiger partial charge is 0.240 e. The maximum Gasteiger partial charge on any atom is 0.240 e. The number of benzene rings is 1. The molecule has 0 saturated carbocycles. The lowest BCUT2D eigenvalue weighted by atomic mass is 10.1. The first-order valence-electron chi connectivity index (χ1n) is 8.03. The Labute approximate surface area is 163 Å². The van der Waals surface area contributed by atoms with E-state index >= 15 is 0 Å². The number of hydrogen-bond acceptors (Lipinski definition) is 7. The van der Waals surface area contributed by atoms with Crippen molar-refractivity contribution in [3.63, 3.8) is 0 Å². The third kappa shape index (κ3) is 3.81. The normalized spacial score (nSPS) is 11.6. The molecule has 0 radical (unpaired) electrons. The topological polar surface area (TPSA) is 114 Å². The Morgan fingerprint density at radius 3 is 2.82 bits per heavy atom. The second kappa shape index (κ2) is 7.54. The van der Waals surface area contributed by atoms with Crippen LogP contribution in [0.1, 0.15) is 5.56 Å². The van der Waals surface area contributed by atoms with Crippen LogP contribution in [0.4, 0.5) is 4.39 Å². The van der Waals surface area contributed by atoms with Crippen molar-refractivity contribution in [2.24, 2.45) is 0 Å². The highest BCUT2D eigenvalue weighted by Gasteiger charge is 2.18. The number of halogens is 1. The van der Waals surface area contributed by atoms with Gasteiger partial charge < -0.3 is 0 Å². The van der Waals surface area contributed by atoms with Gasteiger partial charge in [-0.05, 0) is 52.6 Å². The number of H-pyrrole nitrogens is 1. The number of rotatable bonds is 6. The van der Waals surface area contributed by atoms with E-state index in [1.165, 1.54) is 12.1 Å². The number of pyridine rings is 1. The van der Waals surface area contributed by atoms with Crippen molar-refractivity contribution >= 4 is 21.4 Å². The highest BCUT2D eigenvalue weighted by Crippen LogP contribution is 2.23. The molecule has 1 aromatic carbocycles. The summed E-state index contributed by atoms with van der Waals surface area (Å²) in [4.78, 5) is 4.20. The summed E-state index contributed by atoms with van der Waals surface area (Å²) in [5.41, 5.74) is 2.43. The highest BCUT2D eigenvalue weighted by molar-refractivity contribution is 7.89. The maximum absolute atomic E-state index is 14.0. The molecule has 142 valence electrons. The van der Waals surface area contributed by atoms with Crippen LogP contribution in [0.2, 0.25) is 0 Å². The lowest BCUT2D eigenvalue weighted by Gasteiger charge is -2.09. The Balaban J connectivity index is 1.56. The van der Waals surface area contributed by atoms with Crippen molar-refractivity contribution in [3.05, 3.63) is 64.7 Å². The predicted octanol–water partition coefficient (Wildman–Crippen LogP) is 2.61. The molecule has 11 heteroatoms.